The number of nitrogens with one attached hydrogen (secondary N) is 2. The zero-order valence-corrected chi connectivity index (χ0v) is 19.1. The number of aliphatic imine (C=N–C) groups is 1. The molecule has 2 unspecified atom stereocenters. The molecule has 3 rings (SSSR count). The van der Waals surface area contributed by atoms with Crippen LogP contribution in [-0.2, 0) is 11.3 Å². The second-order valence-corrected chi connectivity index (χ2v) is 8.73. The smallest absolute Gasteiger partial charge is 0.191 e. The number of aryl methyl sites for hydroxylation is 1. The van der Waals surface area contributed by atoms with Gasteiger partial charge in [0, 0.05) is 64.8 Å². The predicted octanol–water partition coefficient (Wildman–Crippen LogP) is 1.71. The molecule has 0 bridgehead atoms. The first-order valence-corrected chi connectivity index (χ1v) is 11.2. The van der Waals surface area contributed by atoms with Crippen LogP contribution in [0.3, 0.4) is 0 Å². The Hall–Kier alpha value is -1.83. The van der Waals surface area contributed by atoms with E-state index in [0.717, 1.165) is 69.6 Å². The average molecular weight is 418 g/mol. The third kappa shape index (κ3) is 7.15. The van der Waals surface area contributed by atoms with Gasteiger partial charge < -0.3 is 29.9 Å². The van der Waals surface area contributed by atoms with E-state index in [4.69, 9.17) is 9.47 Å². The maximum Gasteiger partial charge on any atom is 0.191 e. The third-order valence-electron chi connectivity index (χ3n) is 5.86. The lowest BCUT2D eigenvalue weighted by atomic mass is 10.1. The zero-order chi connectivity index (χ0) is 21.3. The number of ether oxygens (including phenoxy) is 2. The van der Waals surface area contributed by atoms with Crippen LogP contribution in [0.25, 0.3) is 0 Å². The fourth-order valence-electron chi connectivity index (χ4n) is 3.91. The number of benzene rings is 1. The van der Waals surface area contributed by atoms with Crippen LogP contribution in [-0.4, -0.2) is 88.4 Å². The summed E-state index contributed by atoms with van der Waals surface area (Å²) in [7, 11) is 4.02. The molecule has 2 N–H and O–H groups in total. The van der Waals surface area contributed by atoms with E-state index in [2.05, 4.69) is 64.5 Å². The van der Waals surface area contributed by atoms with Gasteiger partial charge in [-0.1, -0.05) is 19.1 Å². The van der Waals surface area contributed by atoms with Crippen molar-refractivity contribution in [3.05, 3.63) is 29.3 Å². The summed E-state index contributed by atoms with van der Waals surface area (Å²) < 4.78 is 11.7. The Kier molecular flexibility index (Phi) is 8.78. The van der Waals surface area contributed by atoms with Crippen molar-refractivity contribution in [2.45, 2.75) is 32.9 Å². The summed E-state index contributed by atoms with van der Waals surface area (Å²) in [5.74, 6) is 2.33. The molecule has 168 valence electrons. The Morgan fingerprint density at radius 1 is 1.27 bits per heavy atom. The number of nitrogens with zero attached hydrogens (tertiary/aromatic N) is 3. The molecule has 0 radical (unpaired) electrons. The Bertz CT molecular complexity index is 682. The molecule has 7 heteroatoms. The highest BCUT2D eigenvalue weighted by molar-refractivity contribution is 5.79. The molecule has 1 aromatic rings. The van der Waals surface area contributed by atoms with E-state index in [0.29, 0.717) is 19.1 Å². The lowest BCUT2D eigenvalue weighted by molar-refractivity contribution is 0.139. The lowest BCUT2D eigenvalue weighted by Crippen LogP contribution is -2.47. The summed E-state index contributed by atoms with van der Waals surface area (Å²) in [6.45, 7) is 13.2. The molecule has 0 saturated carbocycles. The molecule has 2 saturated heterocycles. The SMILES string of the molecule is CN=C(NCc1ccc(C)cc1OC1CCOC1)NCC(C)CN1CCN(C)CC1. The minimum Gasteiger partial charge on any atom is -0.488 e. The molecule has 7 nitrogen and oxygen atoms in total. The lowest BCUT2D eigenvalue weighted by Gasteiger charge is -2.34. The molecule has 1 aromatic carbocycles. The third-order valence-corrected chi connectivity index (χ3v) is 5.86. The van der Waals surface area contributed by atoms with Crippen LogP contribution < -0.4 is 15.4 Å². The number of hydrogen-bond acceptors (Lipinski definition) is 5. The van der Waals surface area contributed by atoms with E-state index in [1.807, 2.05) is 7.05 Å². The predicted molar refractivity (Wildman–Crippen MR) is 122 cm³/mol. The molecule has 2 aliphatic rings. The van der Waals surface area contributed by atoms with Gasteiger partial charge in [-0.15, -0.1) is 0 Å². The van der Waals surface area contributed by atoms with Gasteiger partial charge in [0.2, 0.25) is 0 Å². The largest absolute Gasteiger partial charge is 0.488 e. The van der Waals surface area contributed by atoms with Gasteiger partial charge >= 0.3 is 0 Å². The highest BCUT2D eigenvalue weighted by Crippen LogP contribution is 2.23. The molecule has 0 aromatic heterocycles. The van der Waals surface area contributed by atoms with E-state index < -0.39 is 0 Å². The number of hydrogen-bond donors (Lipinski definition) is 2. The summed E-state index contributed by atoms with van der Waals surface area (Å²) >= 11 is 0. The molecule has 0 spiro atoms. The summed E-state index contributed by atoms with van der Waals surface area (Å²) in [5.41, 5.74) is 2.34. The van der Waals surface area contributed by atoms with Crippen LogP contribution in [0.5, 0.6) is 5.75 Å². The summed E-state index contributed by atoms with van der Waals surface area (Å²) in [4.78, 5) is 9.35. The van der Waals surface area contributed by atoms with Gasteiger partial charge in [0.15, 0.2) is 5.96 Å². The van der Waals surface area contributed by atoms with Crippen LogP contribution in [0.15, 0.2) is 23.2 Å². The molecular weight excluding hydrogens is 378 g/mol. The Morgan fingerprint density at radius 2 is 2.07 bits per heavy atom. The number of likely N-dealkylation sites (N-methyl/N-ethyl adjacent to an activating group) is 1. The fraction of sp³-hybridized carbons (Fsp3) is 0.696. The summed E-state index contributed by atoms with van der Waals surface area (Å²) in [5, 5.41) is 6.93. The van der Waals surface area contributed by atoms with Crippen LogP contribution in [0, 0.1) is 12.8 Å². The summed E-state index contributed by atoms with van der Waals surface area (Å²) in [6, 6.07) is 6.38. The van der Waals surface area contributed by atoms with Crippen molar-refractivity contribution in [3.8, 4) is 5.75 Å². The quantitative estimate of drug-likeness (QED) is 0.496. The first kappa shape index (κ1) is 22.8. The summed E-state index contributed by atoms with van der Waals surface area (Å²) in [6.07, 6.45) is 1.10. The molecule has 2 heterocycles. The number of piperazine rings is 1. The average Bonchev–Trinajstić information content (AvgIpc) is 3.24. The van der Waals surface area contributed by atoms with Crippen molar-refractivity contribution in [2.24, 2.45) is 10.9 Å². The van der Waals surface area contributed by atoms with E-state index in [-0.39, 0.29) is 6.10 Å². The molecule has 2 aliphatic heterocycles. The van der Waals surface area contributed by atoms with Gasteiger partial charge in [-0.3, -0.25) is 4.99 Å². The minimum absolute atomic E-state index is 0.151. The second kappa shape index (κ2) is 11.5. The standard InChI is InChI=1S/C23H39N5O2/c1-18-5-6-20(22(13-18)30-21-7-12-29-17-21)15-26-23(24-3)25-14-19(2)16-28-10-8-27(4)9-11-28/h5-6,13,19,21H,7-12,14-17H2,1-4H3,(H2,24,25,26). The van der Waals surface area contributed by atoms with Gasteiger partial charge in [-0.2, -0.15) is 0 Å². The maximum absolute atomic E-state index is 6.21. The van der Waals surface area contributed by atoms with E-state index in [1.54, 1.807) is 0 Å². The van der Waals surface area contributed by atoms with Crippen LogP contribution >= 0.6 is 0 Å². The zero-order valence-electron chi connectivity index (χ0n) is 19.1. The van der Waals surface area contributed by atoms with Crippen LogP contribution in [0.4, 0.5) is 0 Å². The molecule has 2 fully saturated rings. The van der Waals surface area contributed by atoms with Crippen molar-refractivity contribution in [1.82, 2.24) is 20.4 Å². The van der Waals surface area contributed by atoms with E-state index in [1.165, 1.54) is 5.56 Å². The van der Waals surface area contributed by atoms with Crippen LogP contribution in [0.1, 0.15) is 24.5 Å². The Morgan fingerprint density at radius 3 is 2.77 bits per heavy atom. The van der Waals surface area contributed by atoms with Gasteiger partial charge in [0.25, 0.3) is 0 Å². The first-order valence-electron chi connectivity index (χ1n) is 11.2. The van der Waals surface area contributed by atoms with Crippen molar-refractivity contribution < 1.29 is 9.47 Å². The van der Waals surface area contributed by atoms with Gasteiger partial charge in [-0.05, 0) is 31.5 Å². The molecule has 0 amide bonds. The number of rotatable bonds is 8. The Balaban J connectivity index is 1.45. The number of guanidine groups is 1. The van der Waals surface area contributed by atoms with Crippen molar-refractivity contribution in [1.29, 1.82) is 0 Å². The first-order chi connectivity index (χ1) is 14.5. The van der Waals surface area contributed by atoms with Gasteiger partial charge in [0.1, 0.15) is 11.9 Å². The highest BCUT2D eigenvalue weighted by atomic mass is 16.5. The van der Waals surface area contributed by atoms with Gasteiger partial charge in [0.05, 0.1) is 13.2 Å². The van der Waals surface area contributed by atoms with E-state index in [9.17, 15) is 0 Å². The van der Waals surface area contributed by atoms with Crippen molar-refractivity contribution >= 4 is 5.96 Å². The van der Waals surface area contributed by atoms with Crippen LogP contribution in [0.2, 0.25) is 0 Å². The molecule has 30 heavy (non-hydrogen) atoms. The minimum atomic E-state index is 0.151. The molecule has 2 atom stereocenters. The highest BCUT2D eigenvalue weighted by Gasteiger charge is 2.19. The fourth-order valence-corrected chi connectivity index (χ4v) is 3.91. The monoisotopic (exact) mass is 417 g/mol. The Labute approximate surface area is 181 Å². The van der Waals surface area contributed by atoms with E-state index >= 15 is 0 Å². The van der Waals surface area contributed by atoms with Gasteiger partial charge in [-0.25, -0.2) is 0 Å². The molecular formula is C23H39N5O2. The normalized spacial score (nSPS) is 22.1. The maximum atomic E-state index is 6.21. The van der Waals surface area contributed by atoms with Crippen molar-refractivity contribution in [3.63, 3.8) is 0 Å². The topological polar surface area (TPSA) is 61.4 Å². The molecule has 0 aliphatic carbocycles. The van der Waals surface area contributed by atoms with Crippen molar-refractivity contribution in [2.75, 3.05) is 66.6 Å². The second-order valence-electron chi connectivity index (χ2n) is 8.73.